The van der Waals surface area contributed by atoms with Gasteiger partial charge >= 0.3 is 17.8 Å². The number of para-hydroxylation sites is 1. The van der Waals surface area contributed by atoms with Gasteiger partial charge in [0.2, 0.25) is 0 Å². The van der Waals surface area contributed by atoms with Crippen LogP contribution >= 0.6 is 0 Å². The predicted octanol–water partition coefficient (Wildman–Crippen LogP) is 0.569. The molecule has 0 aliphatic carbocycles. The van der Waals surface area contributed by atoms with Crippen LogP contribution in [-0.2, 0) is 28.9 Å². The second-order valence-corrected chi connectivity index (χ2v) is 9.39. The van der Waals surface area contributed by atoms with Gasteiger partial charge in [0.05, 0.1) is 12.0 Å². The van der Waals surface area contributed by atoms with Gasteiger partial charge in [-0.2, -0.15) is 0 Å². The maximum absolute atomic E-state index is 11.9. The maximum atomic E-state index is 11.9. The average molecular weight is 496 g/mol. The molecule has 0 aromatic heterocycles. The number of hydrogen-bond donors (Lipinski definition) is 2. The van der Waals surface area contributed by atoms with Crippen LogP contribution in [0.15, 0.2) is 47.4 Å². The Bertz CT molecular complexity index is 1130. The normalized spacial score (nSPS) is 15.9. The number of nitrogens with one attached hydrogen (secondary N) is 1. The summed E-state index contributed by atoms with van der Waals surface area (Å²) in [5.74, 6) is -3.75. The van der Waals surface area contributed by atoms with E-state index in [1.165, 1.54) is 19.2 Å². The summed E-state index contributed by atoms with van der Waals surface area (Å²) in [5.41, 5.74) is 0.467. The average Bonchev–Trinajstić information content (AvgIpc) is 3.09. The molecule has 34 heavy (non-hydrogen) atoms. The molecule has 0 spiro atoms. The van der Waals surface area contributed by atoms with Crippen LogP contribution in [0.2, 0.25) is 0 Å². The lowest BCUT2D eigenvalue weighted by atomic mass is 10.2. The lowest BCUT2D eigenvalue weighted by molar-refractivity contribution is -0.240. The van der Waals surface area contributed by atoms with E-state index in [9.17, 15) is 23.1 Å². The molecule has 1 aliphatic heterocycles. The summed E-state index contributed by atoms with van der Waals surface area (Å²) in [7, 11) is -2.08. The van der Waals surface area contributed by atoms with Crippen molar-refractivity contribution in [1.29, 1.82) is 0 Å². The molecule has 2 aromatic carbocycles. The first-order valence-corrected chi connectivity index (χ1v) is 12.0. The van der Waals surface area contributed by atoms with E-state index in [4.69, 9.17) is 23.7 Å². The molecule has 1 atom stereocenters. The number of carbonyl (C=O) groups is 2. The van der Waals surface area contributed by atoms with Crippen LogP contribution in [0, 0.1) is 6.92 Å². The third-order valence-corrected chi connectivity index (χ3v) is 6.08. The Hall–Kier alpha value is -3.35. The Morgan fingerprint density at radius 1 is 1.06 bits per heavy atom. The molecule has 2 aromatic rings. The van der Waals surface area contributed by atoms with Crippen molar-refractivity contribution in [3.8, 4) is 17.2 Å². The first-order valence-electron chi connectivity index (χ1n) is 10.1. The molecular weight excluding hydrogens is 470 g/mol. The number of aryl methyl sites for hydroxylation is 1. The van der Waals surface area contributed by atoms with Crippen LogP contribution < -0.4 is 19.5 Å². The van der Waals surface area contributed by atoms with Gasteiger partial charge in [-0.25, -0.2) is 23.3 Å². The summed E-state index contributed by atoms with van der Waals surface area (Å²) < 4.78 is 50.1. The molecule has 12 heteroatoms. The number of methoxy groups -OCH3 is 1. The molecule has 1 fully saturated rings. The zero-order valence-electron chi connectivity index (χ0n) is 18.8. The van der Waals surface area contributed by atoms with E-state index in [1.807, 2.05) is 0 Å². The highest BCUT2D eigenvalue weighted by Crippen LogP contribution is 2.32. The number of cyclic esters (lactones) is 2. The van der Waals surface area contributed by atoms with Crippen LogP contribution in [0.5, 0.6) is 17.2 Å². The lowest BCUT2D eigenvalue weighted by Crippen LogP contribution is -2.58. The second-order valence-electron chi connectivity index (χ2n) is 7.40. The van der Waals surface area contributed by atoms with E-state index in [1.54, 1.807) is 37.3 Å². The summed E-state index contributed by atoms with van der Waals surface area (Å²) in [6.45, 7) is 1.19. The van der Waals surface area contributed by atoms with Gasteiger partial charge in [0.1, 0.15) is 19.0 Å². The lowest BCUT2D eigenvalue weighted by Gasteiger charge is -2.30. The van der Waals surface area contributed by atoms with E-state index in [0.717, 1.165) is 6.26 Å². The minimum absolute atomic E-state index is 0.0427. The topological polar surface area (TPSA) is 147 Å². The zero-order chi connectivity index (χ0) is 24.9. The fourth-order valence-electron chi connectivity index (χ4n) is 3.21. The molecule has 1 heterocycles. The largest absolute Gasteiger partial charge is 0.493 e. The first-order chi connectivity index (χ1) is 16.1. The highest BCUT2D eigenvalue weighted by molar-refractivity contribution is 7.90. The number of rotatable bonds is 11. The summed E-state index contributed by atoms with van der Waals surface area (Å²) >= 11 is 0. The van der Waals surface area contributed by atoms with Gasteiger partial charge in [0.15, 0.2) is 27.4 Å². The first kappa shape index (κ1) is 25.3. The van der Waals surface area contributed by atoms with Gasteiger partial charge in [-0.15, -0.1) is 0 Å². The molecule has 1 aliphatic rings. The van der Waals surface area contributed by atoms with E-state index < -0.39 is 33.8 Å². The Balaban J connectivity index is 1.66. The minimum Gasteiger partial charge on any atom is -0.493 e. The Morgan fingerprint density at radius 2 is 1.71 bits per heavy atom. The van der Waals surface area contributed by atoms with Crippen molar-refractivity contribution in [2.75, 3.05) is 33.1 Å². The molecule has 1 saturated heterocycles. The number of carbonyl (C=O) groups excluding carboxylic acids is 2. The number of aliphatic hydroxyl groups excluding tert-OH is 1. The van der Waals surface area contributed by atoms with Crippen LogP contribution in [-0.4, -0.2) is 70.6 Å². The van der Waals surface area contributed by atoms with Crippen LogP contribution in [0.25, 0.3) is 0 Å². The quantitative estimate of drug-likeness (QED) is 0.256. The van der Waals surface area contributed by atoms with Crippen molar-refractivity contribution in [1.82, 2.24) is 5.32 Å². The van der Waals surface area contributed by atoms with Crippen molar-refractivity contribution in [3.05, 3.63) is 48.0 Å². The molecule has 1 unspecified atom stereocenters. The Morgan fingerprint density at radius 3 is 2.29 bits per heavy atom. The van der Waals surface area contributed by atoms with Gasteiger partial charge in [-0.05, 0) is 30.7 Å². The molecule has 0 amide bonds. The predicted molar refractivity (Wildman–Crippen MR) is 117 cm³/mol. The fourth-order valence-corrected chi connectivity index (χ4v) is 4.17. The highest BCUT2D eigenvalue weighted by Gasteiger charge is 2.54. The number of aliphatic hydroxyl groups is 1. The van der Waals surface area contributed by atoms with E-state index >= 15 is 0 Å². The molecule has 2 N–H and O–H groups in total. The van der Waals surface area contributed by atoms with E-state index in [-0.39, 0.29) is 36.2 Å². The summed E-state index contributed by atoms with van der Waals surface area (Å²) in [6.07, 6.45) is -0.468. The molecule has 3 rings (SSSR count). The number of ether oxygens (including phenoxy) is 5. The SMILES string of the molecule is COc1cc(S(C)(=O)=O)c(C)cc1OCCNC1(C(O)COc2ccccc2)OC(=O)C(=O)O1. The third kappa shape index (κ3) is 5.76. The van der Waals surface area contributed by atoms with Crippen molar-refractivity contribution in [2.24, 2.45) is 0 Å². The third-order valence-electron chi connectivity index (χ3n) is 4.84. The number of benzene rings is 2. The molecule has 184 valence electrons. The van der Waals surface area contributed by atoms with Crippen molar-refractivity contribution < 1.29 is 46.8 Å². The standard InChI is InChI=1S/C22H25NO10S/c1-14-11-17(16(29-2)12-18(14)34(3,27)28)30-10-9-23-22(32-20(25)21(26)33-22)19(24)13-31-15-7-5-4-6-8-15/h4-8,11-12,19,23-24H,9-10,13H2,1-3H3. The molecular formula is C22H25NO10S. The molecule has 11 nitrogen and oxygen atoms in total. The van der Waals surface area contributed by atoms with Gasteiger partial charge in [0, 0.05) is 18.9 Å². The number of sulfone groups is 1. The second kappa shape index (κ2) is 10.3. The number of hydrogen-bond acceptors (Lipinski definition) is 11. The molecule has 0 bridgehead atoms. The van der Waals surface area contributed by atoms with Crippen LogP contribution in [0.4, 0.5) is 0 Å². The van der Waals surface area contributed by atoms with Crippen molar-refractivity contribution in [2.45, 2.75) is 23.8 Å². The Kier molecular flexibility index (Phi) is 7.64. The fraction of sp³-hybridized carbons (Fsp3) is 0.364. The highest BCUT2D eigenvalue weighted by atomic mass is 32.2. The van der Waals surface area contributed by atoms with Gasteiger partial charge < -0.3 is 28.8 Å². The Labute approximate surface area is 196 Å². The molecule has 0 radical (unpaired) electrons. The summed E-state index contributed by atoms with van der Waals surface area (Å²) in [4.78, 5) is 23.5. The zero-order valence-corrected chi connectivity index (χ0v) is 19.6. The summed E-state index contributed by atoms with van der Waals surface area (Å²) in [6, 6.07) is 11.5. The van der Waals surface area contributed by atoms with Crippen molar-refractivity contribution >= 4 is 21.8 Å². The van der Waals surface area contributed by atoms with E-state index in [2.05, 4.69) is 5.32 Å². The maximum Gasteiger partial charge on any atom is 0.422 e. The minimum atomic E-state index is -3.46. The summed E-state index contributed by atoms with van der Waals surface area (Å²) in [5, 5.41) is 13.3. The smallest absolute Gasteiger partial charge is 0.422 e. The number of esters is 2. The molecule has 0 saturated carbocycles. The van der Waals surface area contributed by atoms with Crippen LogP contribution in [0.1, 0.15) is 5.56 Å². The van der Waals surface area contributed by atoms with Gasteiger partial charge in [-0.3, -0.25) is 0 Å². The van der Waals surface area contributed by atoms with Gasteiger partial charge in [-0.1, -0.05) is 18.2 Å². The van der Waals surface area contributed by atoms with Crippen molar-refractivity contribution in [3.63, 3.8) is 0 Å². The monoisotopic (exact) mass is 495 g/mol. The van der Waals surface area contributed by atoms with E-state index in [0.29, 0.717) is 11.3 Å². The van der Waals surface area contributed by atoms with Gasteiger partial charge in [0.25, 0.3) is 0 Å². The van der Waals surface area contributed by atoms with Crippen LogP contribution in [0.3, 0.4) is 0 Å².